The van der Waals surface area contributed by atoms with Crippen molar-refractivity contribution < 1.29 is 19.4 Å². The van der Waals surface area contributed by atoms with E-state index in [2.05, 4.69) is 0 Å². The Kier molecular flexibility index (Phi) is 2.66. The fraction of sp³-hybridized carbons (Fsp3) is 0.125. The molecule has 64 valence electrons. The molecule has 0 saturated heterocycles. The molecule has 0 aliphatic carbocycles. The van der Waals surface area contributed by atoms with Gasteiger partial charge in [0.25, 0.3) is 0 Å². The largest absolute Gasteiger partial charge is 0.478 e. The zero-order valence-electron chi connectivity index (χ0n) is 6.23. The molecule has 0 amide bonds. The van der Waals surface area contributed by atoms with E-state index in [1.807, 2.05) is 0 Å². The summed E-state index contributed by atoms with van der Waals surface area (Å²) in [5.41, 5.74) is 0. The van der Waals surface area contributed by atoms with Gasteiger partial charge < -0.3 is 14.6 Å². The fourth-order valence-electron chi connectivity index (χ4n) is 0.722. The van der Waals surface area contributed by atoms with Gasteiger partial charge in [0.15, 0.2) is 0 Å². The standard InChI is InChI=1S/C8H8O4/c9-5-7-2-1-6(12-7)3-4-8(10)11/h1-4,9H,5H2,(H,10,11)/b4-3-. The maximum Gasteiger partial charge on any atom is 0.328 e. The number of carbonyl (C=O) groups is 1. The van der Waals surface area contributed by atoms with Crippen LogP contribution in [0.5, 0.6) is 0 Å². The Bertz CT molecular complexity index is 298. The van der Waals surface area contributed by atoms with Gasteiger partial charge in [-0.25, -0.2) is 4.79 Å². The minimum Gasteiger partial charge on any atom is -0.478 e. The highest BCUT2D eigenvalue weighted by Crippen LogP contribution is 2.08. The Hall–Kier alpha value is -1.55. The van der Waals surface area contributed by atoms with Crippen molar-refractivity contribution in [1.82, 2.24) is 0 Å². The second-order valence-corrected chi connectivity index (χ2v) is 2.13. The third-order valence-electron chi connectivity index (χ3n) is 1.23. The van der Waals surface area contributed by atoms with Crippen LogP contribution in [0.4, 0.5) is 0 Å². The molecule has 1 rings (SSSR count). The Balaban J connectivity index is 2.70. The molecule has 0 aromatic carbocycles. The van der Waals surface area contributed by atoms with E-state index in [0.717, 1.165) is 6.08 Å². The van der Waals surface area contributed by atoms with Gasteiger partial charge in [0.05, 0.1) is 0 Å². The molecule has 0 bridgehead atoms. The molecule has 2 N–H and O–H groups in total. The first kappa shape index (κ1) is 8.55. The minimum atomic E-state index is -1.03. The van der Waals surface area contributed by atoms with Gasteiger partial charge in [0.2, 0.25) is 0 Å². The maximum absolute atomic E-state index is 10.1. The molecule has 12 heavy (non-hydrogen) atoms. The third-order valence-corrected chi connectivity index (χ3v) is 1.23. The molecule has 0 aliphatic heterocycles. The molecule has 4 nitrogen and oxygen atoms in total. The van der Waals surface area contributed by atoms with Gasteiger partial charge in [-0.15, -0.1) is 0 Å². The van der Waals surface area contributed by atoms with Crippen molar-refractivity contribution in [3.63, 3.8) is 0 Å². The Morgan fingerprint density at radius 2 is 2.33 bits per heavy atom. The van der Waals surface area contributed by atoms with Crippen LogP contribution in [0.15, 0.2) is 22.6 Å². The number of carboxylic acids is 1. The molecular formula is C8H8O4. The molecule has 0 aliphatic rings. The summed E-state index contributed by atoms with van der Waals surface area (Å²) in [6.45, 7) is -0.180. The predicted molar refractivity (Wildman–Crippen MR) is 41.3 cm³/mol. The molecule has 1 aromatic rings. The van der Waals surface area contributed by atoms with Crippen molar-refractivity contribution in [2.24, 2.45) is 0 Å². The van der Waals surface area contributed by atoms with E-state index in [4.69, 9.17) is 14.6 Å². The molecular weight excluding hydrogens is 160 g/mol. The summed E-state index contributed by atoms with van der Waals surface area (Å²) in [6, 6.07) is 3.17. The molecule has 0 unspecified atom stereocenters. The van der Waals surface area contributed by atoms with E-state index in [9.17, 15) is 4.79 Å². The zero-order valence-corrected chi connectivity index (χ0v) is 6.23. The van der Waals surface area contributed by atoms with Crippen LogP contribution >= 0.6 is 0 Å². The van der Waals surface area contributed by atoms with Gasteiger partial charge in [-0.1, -0.05) is 0 Å². The second-order valence-electron chi connectivity index (χ2n) is 2.13. The van der Waals surface area contributed by atoms with E-state index in [-0.39, 0.29) is 6.61 Å². The monoisotopic (exact) mass is 168 g/mol. The Labute approximate surface area is 68.7 Å². The number of aliphatic hydroxyl groups excluding tert-OH is 1. The van der Waals surface area contributed by atoms with Crippen LogP contribution in [0.25, 0.3) is 6.08 Å². The number of aliphatic hydroxyl groups is 1. The van der Waals surface area contributed by atoms with Gasteiger partial charge in [-0.2, -0.15) is 0 Å². The summed E-state index contributed by atoms with van der Waals surface area (Å²) in [5.74, 6) is -0.196. The van der Waals surface area contributed by atoms with E-state index in [0.29, 0.717) is 11.5 Å². The van der Waals surface area contributed by atoms with Crippen molar-refractivity contribution in [3.8, 4) is 0 Å². The Morgan fingerprint density at radius 3 is 2.83 bits per heavy atom. The number of hydrogen-bond donors (Lipinski definition) is 2. The summed E-state index contributed by atoms with van der Waals surface area (Å²) in [6.07, 6.45) is 2.29. The number of rotatable bonds is 3. The highest BCUT2D eigenvalue weighted by molar-refractivity contribution is 5.84. The topological polar surface area (TPSA) is 70.7 Å². The van der Waals surface area contributed by atoms with Crippen LogP contribution in [0.2, 0.25) is 0 Å². The minimum absolute atomic E-state index is 0.180. The van der Waals surface area contributed by atoms with Gasteiger partial charge in [-0.3, -0.25) is 0 Å². The highest BCUT2D eigenvalue weighted by Gasteiger charge is 1.96. The van der Waals surface area contributed by atoms with Crippen LogP contribution in [-0.2, 0) is 11.4 Å². The summed E-state index contributed by atoms with van der Waals surface area (Å²) in [5, 5.41) is 16.9. The normalized spacial score (nSPS) is 10.8. The van der Waals surface area contributed by atoms with Crippen molar-refractivity contribution in [2.75, 3.05) is 0 Å². The lowest BCUT2D eigenvalue weighted by atomic mass is 10.4. The molecule has 4 heteroatoms. The first-order chi connectivity index (χ1) is 5.72. The molecule has 0 fully saturated rings. The Morgan fingerprint density at radius 1 is 1.58 bits per heavy atom. The van der Waals surface area contributed by atoms with Crippen LogP contribution in [0.3, 0.4) is 0 Å². The van der Waals surface area contributed by atoms with Crippen molar-refractivity contribution >= 4 is 12.0 Å². The molecule has 0 saturated carbocycles. The lowest BCUT2D eigenvalue weighted by Gasteiger charge is -1.85. The molecule has 1 heterocycles. The summed E-state index contributed by atoms with van der Waals surface area (Å²) in [7, 11) is 0. The van der Waals surface area contributed by atoms with Crippen molar-refractivity contribution in [1.29, 1.82) is 0 Å². The maximum atomic E-state index is 10.1. The highest BCUT2D eigenvalue weighted by atomic mass is 16.4. The smallest absolute Gasteiger partial charge is 0.328 e. The fourth-order valence-corrected chi connectivity index (χ4v) is 0.722. The molecule has 0 atom stereocenters. The van der Waals surface area contributed by atoms with Crippen molar-refractivity contribution in [2.45, 2.75) is 6.61 Å². The molecule has 0 radical (unpaired) electrons. The van der Waals surface area contributed by atoms with Gasteiger partial charge >= 0.3 is 5.97 Å². The first-order valence-electron chi connectivity index (χ1n) is 3.33. The zero-order chi connectivity index (χ0) is 8.97. The van der Waals surface area contributed by atoms with Gasteiger partial charge in [-0.05, 0) is 18.2 Å². The van der Waals surface area contributed by atoms with Crippen LogP contribution < -0.4 is 0 Å². The quantitative estimate of drug-likeness (QED) is 0.657. The average Bonchev–Trinajstić information content (AvgIpc) is 2.48. The number of aliphatic carboxylic acids is 1. The summed E-state index contributed by atoms with van der Waals surface area (Å²) < 4.78 is 4.98. The first-order valence-corrected chi connectivity index (χ1v) is 3.33. The number of carboxylic acid groups (broad SMARTS) is 1. The lowest BCUT2D eigenvalue weighted by Crippen LogP contribution is -1.84. The summed E-state index contributed by atoms with van der Waals surface area (Å²) in [4.78, 5) is 10.1. The average molecular weight is 168 g/mol. The lowest BCUT2D eigenvalue weighted by molar-refractivity contribution is -0.131. The van der Waals surface area contributed by atoms with Crippen LogP contribution in [-0.4, -0.2) is 16.2 Å². The summed E-state index contributed by atoms with van der Waals surface area (Å²) >= 11 is 0. The van der Waals surface area contributed by atoms with Gasteiger partial charge in [0, 0.05) is 6.08 Å². The molecule has 1 aromatic heterocycles. The number of hydrogen-bond acceptors (Lipinski definition) is 3. The van der Waals surface area contributed by atoms with Gasteiger partial charge in [0.1, 0.15) is 18.1 Å². The van der Waals surface area contributed by atoms with Crippen molar-refractivity contribution in [3.05, 3.63) is 29.7 Å². The second kappa shape index (κ2) is 3.73. The van der Waals surface area contributed by atoms with Crippen LogP contribution in [0, 0.1) is 0 Å². The van der Waals surface area contributed by atoms with E-state index < -0.39 is 5.97 Å². The van der Waals surface area contributed by atoms with Crippen LogP contribution in [0.1, 0.15) is 11.5 Å². The molecule has 0 spiro atoms. The van der Waals surface area contributed by atoms with E-state index in [1.54, 1.807) is 12.1 Å². The number of furan rings is 1. The van der Waals surface area contributed by atoms with E-state index in [1.165, 1.54) is 6.08 Å². The van der Waals surface area contributed by atoms with E-state index >= 15 is 0 Å². The SMILES string of the molecule is O=C(O)/C=C\c1ccc(CO)o1. The third kappa shape index (κ3) is 2.25. The predicted octanol–water partition coefficient (Wildman–Crippen LogP) is 0.870.